The van der Waals surface area contributed by atoms with Gasteiger partial charge in [0, 0.05) is 25.7 Å². The van der Waals surface area contributed by atoms with E-state index in [-0.39, 0.29) is 0 Å². The van der Waals surface area contributed by atoms with Crippen molar-refractivity contribution in [2.24, 2.45) is 5.41 Å². The van der Waals surface area contributed by atoms with Crippen LogP contribution in [0.2, 0.25) is 5.02 Å². The molecule has 1 saturated heterocycles. The minimum absolute atomic E-state index is 0.497. The number of anilines is 1. The fourth-order valence-corrected chi connectivity index (χ4v) is 3.20. The second-order valence-corrected chi connectivity index (χ2v) is 7.38. The van der Waals surface area contributed by atoms with E-state index in [1.54, 1.807) is 0 Å². The zero-order valence-corrected chi connectivity index (χ0v) is 14.6. The van der Waals surface area contributed by atoms with Crippen LogP contribution in [0.4, 0.5) is 5.69 Å². The van der Waals surface area contributed by atoms with Crippen molar-refractivity contribution in [3.05, 3.63) is 28.8 Å². The number of benzene rings is 1. The van der Waals surface area contributed by atoms with Gasteiger partial charge in [-0.2, -0.15) is 0 Å². The van der Waals surface area contributed by atoms with Crippen LogP contribution in [0.15, 0.2) is 18.2 Å². The molecule has 1 N–H and O–H groups in total. The molecular formula is C18H29ClN2. The second-order valence-electron chi connectivity index (χ2n) is 6.97. The lowest BCUT2D eigenvalue weighted by Crippen LogP contribution is -2.38. The molecule has 1 aromatic carbocycles. The van der Waals surface area contributed by atoms with Crippen molar-refractivity contribution in [2.75, 3.05) is 18.0 Å². The van der Waals surface area contributed by atoms with Gasteiger partial charge in [-0.05, 0) is 36.0 Å². The van der Waals surface area contributed by atoms with Crippen LogP contribution in [-0.4, -0.2) is 19.1 Å². The van der Waals surface area contributed by atoms with Gasteiger partial charge in [-0.3, -0.25) is 0 Å². The molecule has 1 aliphatic heterocycles. The first-order valence-electron chi connectivity index (χ1n) is 8.20. The molecule has 0 radical (unpaired) electrons. The predicted octanol–water partition coefficient (Wildman–Crippen LogP) is 4.85. The van der Waals surface area contributed by atoms with Crippen molar-refractivity contribution in [1.82, 2.24) is 5.32 Å². The Kier molecular flexibility index (Phi) is 5.56. The highest BCUT2D eigenvalue weighted by Crippen LogP contribution is 2.37. The Morgan fingerprint density at radius 3 is 2.48 bits per heavy atom. The number of nitrogens with zero attached hydrogens (tertiary/aromatic N) is 1. The summed E-state index contributed by atoms with van der Waals surface area (Å²) >= 11 is 6.51. The number of piperidine rings is 1. The third kappa shape index (κ3) is 4.37. The van der Waals surface area contributed by atoms with Crippen molar-refractivity contribution < 1.29 is 0 Å². The van der Waals surface area contributed by atoms with Crippen molar-refractivity contribution in [3.63, 3.8) is 0 Å². The maximum atomic E-state index is 6.51. The van der Waals surface area contributed by atoms with Crippen LogP contribution >= 0.6 is 11.6 Å². The van der Waals surface area contributed by atoms with Crippen molar-refractivity contribution in [3.8, 4) is 0 Å². The third-order valence-corrected chi connectivity index (χ3v) is 5.19. The summed E-state index contributed by atoms with van der Waals surface area (Å²) in [6, 6.07) is 7.00. The summed E-state index contributed by atoms with van der Waals surface area (Å²) in [7, 11) is 0. The van der Waals surface area contributed by atoms with E-state index in [9.17, 15) is 0 Å². The molecule has 1 aromatic rings. The summed E-state index contributed by atoms with van der Waals surface area (Å²) in [4.78, 5) is 2.44. The van der Waals surface area contributed by atoms with Gasteiger partial charge >= 0.3 is 0 Å². The fraction of sp³-hybridized carbons (Fsp3) is 0.667. The maximum Gasteiger partial charge on any atom is 0.0642 e. The standard InChI is InChI=1S/C18H29ClN2/c1-5-18(4)8-10-21(11-9-18)17-7-6-15(12-16(17)19)13-20-14(2)3/h6-7,12,14,20H,5,8-11,13H2,1-4H3. The molecule has 0 aliphatic carbocycles. The van der Waals surface area contributed by atoms with Gasteiger partial charge < -0.3 is 10.2 Å². The summed E-state index contributed by atoms with van der Waals surface area (Å²) in [6.07, 6.45) is 3.79. The fourth-order valence-electron chi connectivity index (χ4n) is 2.88. The Morgan fingerprint density at radius 2 is 1.95 bits per heavy atom. The van der Waals surface area contributed by atoms with Crippen LogP contribution < -0.4 is 10.2 Å². The van der Waals surface area contributed by atoms with Gasteiger partial charge in [0.1, 0.15) is 0 Å². The predicted molar refractivity (Wildman–Crippen MR) is 93.3 cm³/mol. The zero-order chi connectivity index (χ0) is 15.5. The van der Waals surface area contributed by atoms with Gasteiger partial charge in [0.2, 0.25) is 0 Å². The molecular weight excluding hydrogens is 280 g/mol. The Hall–Kier alpha value is -0.730. The van der Waals surface area contributed by atoms with E-state index in [4.69, 9.17) is 11.6 Å². The van der Waals surface area contributed by atoms with Crippen molar-refractivity contribution >= 4 is 17.3 Å². The van der Waals surface area contributed by atoms with Crippen LogP contribution in [0.3, 0.4) is 0 Å². The summed E-state index contributed by atoms with van der Waals surface area (Å²) < 4.78 is 0. The van der Waals surface area contributed by atoms with Gasteiger partial charge in [-0.15, -0.1) is 0 Å². The van der Waals surface area contributed by atoms with Crippen LogP contribution in [0.1, 0.15) is 52.5 Å². The molecule has 0 saturated carbocycles. The van der Waals surface area contributed by atoms with Crippen LogP contribution in [0, 0.1) is 5.41 Å². The monoisotopic (exact) mass is 308 g/mol. The lowest BCUT2D eigenvalue weighted by molar-refractivity contribution is 0.238. The lowest BCUT2D eigenvalue weighted by atomic mass is 9.78. The molecule has 1 aliphatic rings. The first-order valence-corrected chi connectivity index (χ1v) is 8.58. The topological polar surface area (TPSA) is 15.3 Å². The van der Waals surface area contributed by atoms with Crippen LogP contribution in [0.25, 0.3) is 0 Å². The Bertz CT molecular complexity index is 462. The van der Waals surface area contributed by atoms with Gasteiger partial charge in [-0.1, -0.05) is 51.8 Å². The zero-order valence-electron chi connectivity index (χ0n) is 13.9. The maximum absolute atomic E-state index is 6.51. The SMILES string of the molecule is CCC1(C)CCN(c2ccc(CNC(C)C)cc2Cl)CC1. The Labute approximate surface area is 134 Å². The summed E-state index contributed by atoms with van der Waals surface area (Å²) in [6.45, 7) is 12.2. The first kappa shape index (κ1) is 16.6. The third-order valence-electron chi connectivity index (χ3n) is 4.89. The normalized spacial score (nSPS) is 18.3. The highest BCUT2D eigenvalue weighted by molar-refractivity contribution is 6.33. The largest absolute Gasteiger partial charge is 0.370 e. The molecule has 21 heavy (non-hydrogen) atoms. The first-order chi connectivity index (χ1) is 9.93. The lowest BCUT2D eigenvalue weighted by Gasteiger charge is -2.40. The van der Waals surface area contributed by atoms with E-state index in [1.807, 2.05) is 0 Å². The molecule has 2 rings (SSSR count). The molecule has 2 nitrogen and oxygen atoms in total. The van der Waals surface area contributed by atoms with Gasteiger partial charge in [-0.25, -0.2) is 0 Å². The smallest absolute Gasteiger partial charge is 0.0642 e. The molecule has 0 unspecified atom stereocenters. The number of hydrogen-bond donors (Lipinski definition) is 1. The van der Waals surface area contributed by atoms with Gasteiger partial charge in [0.15, 0.2) is 0 Å². The molecule has 0 amide bonds. The molecule has 3 heteroatoms. The molecule has 0 spiro atoms. The van der Waals surface area contributed by atoms with E-state index in [0.29, 0.717) is 11.5 Å². The molecule has 0 aromatic heterocycles. The Balaban J connectivity index is 2.01. The molecule has 0 atom stereocenters. The van der Waals surface area contributed by atoms with E-state index in [2.05, 4.69) is 56.1 Å². The van der Waals surface area contributed by atoms with Gasteiger partial charge in [0.25, 0.3) is 0 Å². The number of halogens is 1. The van der Waals surface area contributed by atoms with Crippen molar-refractivity contribution in [1.29, 1.82) is 0 Å². The van der Waals surface area contributed by atoms with E-state index < -0.39 is 0 Å². The number of nitrogens with one attached hydrogen (secondary N) is 1. The quantitative estimate of drug-likeness (QED) is 0.836. The minimum atomic E-state index is 0.497. The molecule has 1 heterocycles. The van der Waals surface area contributed by atoms with Gasteiger partial charge in [0.05, 0.1) is 10.7 Å². The summed E-state index contributed by atoms with van der Waals surface area (Å²) in [5.41, 5.74) is 2.97. The molecule has 0 bridgehead atoms. The van der Waals surface area contributed by atoms with E-state index in [0.717, 1.165) is 24.7 Å². The summed E-state index contributed by atoms with van der Waals surface area (Å²) in [5, 5.41) is 4.32. The van der Waals surface area contributed by atoms with Crippen molar-refractivity contribution in [2.45, 2.75) is 59.5 Å². The Morgan fingerprint density at radius 1 is 1.29 bits per heavy atom. The highest BCUT2D eigenvalue weighted by atomic mass is 35.5. The highest BCUT2D eigenvalue weighted by Gasteiger charge is 2.28. The van der Waals surface area contributed by atoms with E-state index >= 15 is 0 Å². The number of rotatable bonds is 5. The van der Waals surface area contributed by atoms with Crippen LogP contribution in [0.5, 0.6) is 0 Å². The molecule has 118 valence electrons. The minimum Gasteiger partial charge on any atom is -0.370 e. The second kappa shape index (κ2) is 7.02. The number of hydrogen-bond acceptors (Lipinski definition) is 2. The molecule has 1 fully saturated rings. The average Bonchev–Trinajstić information content (AvgIpc) is 2.46. The average molecular weight is 309 g/mol. The van der Waals surface area contributed by atoms with E-state index in [1.165, 1.54) is 30.5 Å². The van der Waals surface area contributed by atoms with Crippen LogP contribution in [-0.2, 0) is 6.54 Å². The summed E-state index contributed by atoms with van der Waals surface area (Å²) in [5.74, 6) is 0.